The fourth-order valence-corrected chi connectivity index (χ4v) is 2.12. The number of ketones is 2. The lowest BCUT2D eigenvalue weighted by Crippen LogP contribution is -2.09. The zero-order chi connectivity index (χ0) is 14.4. The minimum Gasteiger partial charge on any atom is -0.478 e. The molecule has 0 aliphatic rings. The number of hydrogen-bond acceptors (Lipinski definition) is 3. The third-order valence-corrected chi connectivity index (χ3v) is 3.30. The summed E-state index contributed by atoms with van der Waals surface area (Å²) in [6.07, 6.45) is 2.02. The molecule has 1 aromatic carbocycles. The van der Waals surface area contributed by atoms with Crippen LogP contribution in [0.5, 0.6) is 0 Å². The maximum absolute atomic E-state index is 11.9. The Morgan fingerprint density at radius 1 is 1.16 bits per heavy atom. The van der Waals surface area contributed by atoms with Gasteiger partial charge in [-0.3, -0.25) is 9.59 Å². The molecule has 5 heteroatoms. The van der Waals surface area contributed by atoms with Crippen LogP contribution in [0.15, 0.2) is 18.2 Å². The van der Waals surface area contributed by atoms with Gasteiger partial charge in [0.1, 0.15) is 0 Å². The summed E-state index contributed by atoms with van der Waals surface area (Å²) < 4.78 is 0. The zero-order valence-corrected chi connectivity index (χ0v) is 12.2. The summed E-state index contributed by atoms with van der Waals surface area (Å²) in [5.41, 5.74) is 0.361. The molecule has 0 amide bonds. The van der Waals surface area contributed by atoms with E-state index < -0.39 is 5.97 Å². The van der Waals surface area contributed by atoms with Gasteiger partial charge in [0, 0.05) is 22.9 Å². The highest BCUT2D eigenvalue weighted by Gasteiger charge is 2.16. The number of unbranched alkanes of at least 4 members (excludes halogenated alkanes) is 1. The van der Waals surface area contributed by atoms with Crippen LogP contribution in [-0.2, 0) is 0 Å². The quantitative estimate of drug-likeness (QED) is 0.474. The summed E-state index contributed by atoms with van der Waals surface area (Å²) in [6.45, 7) is 1.30. The molecule has 19 heavy (non-hydrogen) atoms. The summed E-state index contributed by atoms with van der Waals surface area (Å²) >= 11 is 3.29. The molecular formula is C14H15BrO4. The van der Waals surface area contributed by atoms with Crippen molar-refractivity contribution in [3.8, 4) is 0 Å². The van der Waals surface area contributed by atoms with Crippen LogP contribution in [0.1, 0.15) is 57.3 Å². The molecular weight excluding hydrogens is 312 g/mol. The van der Waals surface area contributed by atoms with Crippen molar-refractivity contribution in [3.05, 3.63) is 34.9 Å². The minimum atomic E-state index is -1.19. The van der Waals surface area contributed by atoms with Crippen LogP contribution in [0.2, 0.25) is 0 Å². The van der Waals surface area contributed by atoms with Crippen molar-refractivity contribution < 1.29 is 19.5 Å². The Morgan fingerprint density at radius 2 is 1.84 bits per heavy atom. The molecule has 102 valence electrons. The molecule has 0 heterocycles. The molecule has 0 radical (unpaired) electrons. The van der Waals surface area contributed by atoms with E-state index in [1.165, 1.54) is 25.1 Å². The van der Waals surface area contributed by atoms with Crippen molar-refractivity contribution in [2.75, 3.05) is 5.33 Å². The first-order valence-electron chi connectivity index (χ1n) is 5.94. The monoisotopic (exact) mass is 326 g/mol. The van der Waals surface area contributed by atoms with Gasteiger partial charge in [-0.2, -0.15) is 0 Å². The predicted octanol–water partition coefficient (Wildman–Crippen LogP) is 3.34. The SMILES string of the molecule is CC(=O)c1ccc(C(=O)CCCCBr)cc1C(=O)O. The molecule has 0 aromatic heterocycles. The number of benzene rings is 1. The predicted molar refractivity (Wildman–Crippen MR) is 75.4 cm³/mol. The number of carboxylic acids is 1. The first-order chi connectivity index (χ1) is 8.97. The van der Waals surface area contributed by atoms with E-state index in [0.717, 1.165) is 18.2 Å². The number of halogens is 1. The fraction of sp³-hybridized carbons (Fsp3) is 0.357. The Kier molecular flexibility index (Phi) is 5.89. The number of rotatable bonds is 7. The maximum Gasteiger partial charge on any atom is 0.336 e. The maximum atomic E-state index is 11.9. The van der Waals surface area contributed by atoms with Crippen LogP contribution in [0.3, 0.4) is 0 Å². The average molecular weight is 327 g/mol. The molecule has 1 rings (SSSR count). The minimum absolute atomic E-state index is 0.0986. The summed E-state index contributed by atoms with van der Waals surface area (Å²) in [7, 11) is 0. The second kappa shape index (κ2) is 7.19. The highest BCUT2D eigenvalue weighted by molar-refractivity contribution is 9.09. The number of aromatic carboxylic acids is 1. The lowest BCUT2D eigenvalue weighted by molar-refractivity contribution is 0.0692. The number of carbonyl (C=O) groups excluding carboxylic acids is 2. The number of alkyl halides is 1. The van der Waals surface area contributed by atoms with Crippen molar-refractivity contribution in [1.82, 2.24) is 0 Å². The van der Waals surface area contributed by atoms with E-state index >= 15 is 0 Å². The van der Waals surface area contributed by atoms with Gasteiger partial charge in [-0.1, -0.05) is 22.0 Å². The molecule has 0 spiro atoms. The molecule has 4 nitrogen and oxygen atoms in total. The number of Topliss-reactive ketones (excluding diaryl/α,β-unsaturated/α-hetero) is 2. The molecule has 0 saturated heterocycles. The van der Waals surface area contributed by atoms with Gasteiger partial charge in [-0.15, -0.1) is 0 Å². The largest absolute Gasteiger partial charge is 0.478 e. The van der Waals surface area contributed by atoms with Crippen LogP contribution < -0.4 is 0 Å². The summed E-state index contributed by atoms with van der Waals surface area (Å²) in [5, 5.41) is 9.90. The Morgan fingerprint density at radius 3 is 2.37 bits per heavy atom. The lowest BCUT2D eigenvalue weighted by Gasteiger charge is -2.06. The third-order valence-electron chi connectivity index (χ3n) is 2.74. The lowest BCUT2D eigenvalue weighted by atomic mass is 9.97. The van der Waals surface area contributed by atoms with Crippen molar-refractivity contribution in [3.63, 3.8) is 0 Å². The number of hydrogen-bond donors (Lipinski definition) is 1. The average Bonchev–Trinajstić information content (AvgIpc) is 2.38. The first-order valence-corrected chi connectivity index (χ1v) is 7.07. The van der Waals surface area contributed by atoms with Crippen LogP contribution in [0, 0.1) is 0 Å². The second-order valence-corrected chi connectivity index (χ2v) is 4.98. The Hall–Kier alpha value is -1.49. The molecule has 0 fully saturated rings. The van der Waals surface area contributed by atoms with Crippen molar-refractivity contribution in [2.24, 2.45) is 0 Å². The van der Waals surface area contributed by atoms with Crippen LogP contribution in [0.4, 0.5) is 0 Å². The second-order valence-electron chi connectivity index (χ2n) is 4.19. The van der Waals surface area contributed by atoms with Crippen LogP contribution in [0.25, 0.3) is 0 Å². The van der Waals surface area contributed by atoms with E-state index in [4.69, 9.17) is 5.11 Å². The van der Waals surface area contributed by atoms with Crippen LogP contribution >= 0.6 is 15.9 Å². The normalized spacial score (nSPS) is 10.2. The molecule has 0 aliphatic carbocycles. The number of carboxylic acid groups (broad SMARTS) is 1. The van der Waals surface area contributed by atoms with Crippen molar-refractivity contribution >= 4 is 33.5 Å². The molecule has 0 saturated carbocycles. The first kappa shape index (κ1) is 15.6. The standard InChI is InChI=1S/C14H15BrO4/c1-9(16)11-6-5-10(8-12(11)14(18)19)13(17)4-2-3-7-15/h5-6,8H,2-4,7H2,1H3,(H,18,19). The summed E-state index contributed by atoms with van der Waals surface area (Å²) in [5.74, 6) is -1.62. The zero-order valence-electron chi connectivity index (χ0n) is 10.6. The van der Waals surface area contributed by atoms with Gasteiger partial charge in [-0.25, -0.2) is 4.79 Å². The molecule has 1 aromatic rings. The van der Waals surface area contributed by atoms with E-state index in [0.29, 0.717) is 12.0 Å². The third kappa shape index (κ3) is 4.28. The highest BCUT2D eigenvalue weighted by Crippen LogP contribution is 2.16. The molecule has 0 aliphatic heterocycles. The Bertz CT molecular complexity index is 508. The fourth-order valence-electron chi connectivity index (χ4n) is 1.73. The Balaban J connectivity index is 2.98. The van der Waals surface area contributed by atoms with Gasteiger partial charge >= 0.3 is 5.97 Å². The van der Waals surface area contributed by atoms with Gasteiger partial charge in [0.25, 0.3) is 0 Å². The van der Waals surface area contributed by atoms with E-state index in [2.05, 4.69) is 15.9 Å². The topological polar surface area (TPSA) is 71.4 Å². The van der Waals surface area contributed by atoms with Gasteiger partial charge in [0.05, 0.1) is 5.56 Å². The Labute approximate surface area is 119 Å². The summed E-state index contributed by atoms with van der Waals surface area (Å²) in [4.78, 5) is 34.3. The van der Waals surface area contributed by atoms with Gasteiger partial charge in [0.15, 0.2) is 11.6 Å². The molecule has 1 N–H and O–H groups in total. The van der Waals surface area contributed by atoms with Gasteiger partial charge < -0.3 is 5.11 Å². The van der Waals surface area contributed by atoms with Crippen molar-refractivity contribution in [1.29, 1.82) is 0 Å². The van der Waals surface area contributed by atoms with E-state index in [1.54, 1.807) is 0 Å². The van der Waals surface area contributed by atoms with Gasteiger partial charge in [-0.05, 0) is 31.9 Å². The molecule has 0 atom stereocenters. The molecule has 0 bridgehead atoms. The smallest absolute Gasteiger partial charge is 0.336 e. The molecule has 0 unspecified atom stereocenters. The van der Waals surface area contributed by atoms with E-state index in [-0.39, 0.29) is 22.7 Å². The van der Waals surface area contributed by atoms with Gasteiger partial charge in [0.2, 0.25) is 0 Å². The van der Waals surface area contributed by atoms with E-state index in [1.807, 2.05) is 0 Å². The van der Waals surface area contributed by atoms with Crippen LogP contribution in [-0.4, -0.2) is 28.0 Å². The summed E-state index contributed by atoms with van der Waals surface area (Å²) in [6, 6.07) is 4.21. The number of carbonyl (C=O) groups is 3. The van der Waals surface area contributed by atoms with Crippen molar-refractivity contribution in [2.45, 2.75) is 26.2 Å². The highest BCUT2D eigenvalue weighted by atomic mass is 79.9. The van der Waals surface area contributed by atoms with E-state index in [9.17, 15) is 14.4 Å².